The molecule has 1 aromatic heterocycles. The molecular formula is C34H32ClN3O6. The van der Waals surface area contributed by atoms with Crippen LogP contribution in [0.15, 0.2) is 67.0 Å². The van der Waals surface area contributed by atoms with E-state index in [1.54, 1.807) is 31.5 Å². The van der Waals surface area contributed by atoms with E-state index >= 15 is 0 Å². The predicted molar refractivity (Wildman–Crippen MR) is 165 cm³/mol. The predicted octanol–water partition coefficient (Wildman–Crippen LogP) is 5.77. The van der Waals surface area contributed by atoms with Gasteiger partial charge in [-0.2, -0.15) is 5.26 Å². The molecule has 1 aliphatic rings. The molecule has 0 amide bonds. The number of ether oxygens (including phenoxy) is 3. The highest BCUT2D eigenvalue weighted by Crippen LogP contribution is 2.43. The van der Waals surface area contributed by atoms with Gasteiger partial charge in [0.15, 0.2) is 0 Å². The fourth-order valence-electron chi connectivity index (χ4n) is 5.40. The van der Waals surface area contributed by atoms with Crippen molar-refractivity contribution in [2.75, 3.05) is 13.7 Å². The van der Waals surface area contributed by atoms with E-state index in [9.17, 15) is 20.3 Å². The van der Waals surface area contributed by atoms with Crippen LogP contribution in [0.2, 0.25) is 5.02 Å². The van der Waals surface area contributed by atoms with Crippen molar-refractivity contribution in [3.8, 4) is 34.4 Å². The van der Waals surface area contributed by atoms with Crippen molar-refractivity contribution in [3.63, 3.8) is 0 Å². The largest absolute Gasteiger partial charge is 0.496 e. The summed E-state index contributed by atoms with van der Waals surface area (Å²) in [6.45, 7) is 1.63. The lowest BCUT2D eigenvalue weighted by atomic mass is 9.95. The molecule has 0 unspecified atom stereocenters. The minimum Gasteiger partial charge on any atom is -0.496 e. The molecule has 3 N–H and O–H groups in total. The number of carboxylic acids is 1. The summed E-state index contributed by atoms with van der Waals surface area (Å²) < 4.78 is 18.1. The van der Waals surface area contributed by atoms with Gasteiger partial charge in [-0.25, -0.2) is 0 Å². The Bertz CT molecular complexity index is 1720. The summed E-state index contributed by atoms with van der Waals surface area (Å²) in [5.74, 6) is 0.513. The molecule has 0 bridgehead atoms. The van der Waals surface area contributed by atoms with Gasteiger partial charge in [0.2, 0.25) is 0 Å². The number of aliphatic hydroxyl groups excluding tert-OH is 1. The molecule has 0 spiro atoms. The summed E-state index contributed by atoms with van der Waals surface area (Å²) in [6.07, 6.45) is 4.44. The Hall–Kier alpha value is -4.62. The summed E-state index contributed by atoms with van der Waals surface area (Å²) in [5.41, 5.74) is 7.32. The van der Waals surface area contributed by atoms with Gasteiger partial charge in [0.05, 0.1) is 24.3 Å². The lowest BCUT2D eigenvalue weighted by Crippen LogP contribution is -2.39. The molecule has 9 nitrogen and oxygen atoms in total. The van der Waals surface area contributed by atoms with E-state index in [2.05, 4.69) is 40.6 Å². The number of hydrogen-bond donors (Lipinski definition) is 3. The van der Waals surface area contributed by atoms with Crippen LogP contribution >= 0.6 is 11.6 Å². The molecule has 44 heavy (non-hydrogen) atoms. The van der Waals surface area contributed by atoms with E-state index in [0.717, 1.165) is 40.8 Å². The molecule has 1 heterocycles. The average Bonchev–Trinajstić information content (AvgIpc) is 3.44. The van der Waals surface area contributed by atoms with Crippen molar-refractivity contribution in [3.05, 3.63) is 105 Å². The highest BCUT2D eigenvalue weighted by molar-refractivity contribution is 6.32. The number of fused-ring (bicyclic) bond motifs is 1. The van der Waals surface area contributed by atoms with Crippen molar-refractivity contribution in [1.82, 2.24) is 10.3 Å². The third kappa shape index (κ3) is 6.79. The molecule has 3 aromatic carbocycles. The van der Waals surface area contributed by atoms with Gasteiger partial charge in [-0.15, -0.1) is 0 Å². The number of methoxy groups -OCH3 is 1. The summed E-state index contributed by atoms with van der Waals surface area (Å²) in [5, 5.41) is 31.2. The van der Waals surface area contributed by atoms with Gasteiger partial charge < -0.3 is 24.4 Å². The fourth-order valence-corrected chi connectivity index (χ4v) is 5.63. The number of carboxylic acid groups (broad SMARTS) is 1. The van der Waals surface area contributed by atoms with Crippen LogP contribution in [-0.4, -0.2) is 40.9 Å². The zero-order chi connectivity index (χ0) is 31.2. The molecule has 10 heteroatoms. The first-order chi connectivity index (χ1) is 21.3. The molecule has 226 valence electrons. The Morgan fingerprint density at radius 1 is 1.16 bits per heavy atom. The topological polar surface area (TPSA) is 134 Å². The Labute approximate surface area is 260 Å². The number of rotatable bonds is 12. The van der Waals surface area contributed by atoms with Crippen molar-refractivity contribution >= 4 is 17.6 Å². The zero-order valence-electron chi connectivity index (χ0n) is 24.3. The van der Waals surface area contributed by atoms with Crippen LogP contribution in [0.3, 0.4) is 0 Å². The van der Waals surface area contributed by atoms with Gasteiger partial charge in [-0.05, 0) is 71.8 Å². The van der Waals surface area contributed by atoms with Gasteiger partial charge in [-0.1, -0.05) is 35.9 Å². The lowest BCUT2D eigenvalue weighted by Gasteiger charge is -2.20. The second-order valence-corrected chi connectivity index (χ2v) is 10.9. The van der Waals surface area contributed by atoms with Crippen LogP contribution in [0.4, 0.5) is 0 Å². The van der Waals surface area contributed by atoms with Crippen LogP contribution in [0.25, 0.3) is 11.1 Å². The van der Waals surface area contributed by atoms with Gasteiger partial charge in [0.1, 0.15) is 42.1 Å². The molecule has 0 saturated carbocycles. The average molecular weight is 614 g/mol. The molecule has 0 fully saturated rings. The van der Waals surface area contributed by atoms with Gasteiger partial charge in [0, 0.05) is 36.1 Å². The number of aromatic nitrogens is 1. The van der Waals surface area contributed by atoms with Crippen LogP contribution in [0.5, 0.6) is 17.2 Å². The van der Waals surface area contributed by atoms with Gasteiger partial charge in [-0.3, -0.25) is 15.1 Å². The minimum atomic E-state index is -1.18. The maximum Gasteiger partial charge on any atom is 0.323 e. The number of aliphatic hydroxyl groups is 1. The first-order valence-electron chi connectivity index (χ1n) is 14.1. The number of aryl methyl sites for hydroxylation is 1. The van der Waals surface area contributed by atoms with Crippen molar-refractivity contribution in [1.29, 1.82) is 5.26 Å². The number of carbonyl (C=O) groups is 1. The highest BCUT2D eigenvalue weighted by Gasteiger charge is 2.28. The number of nitriles is 1. The van der Waals surface area contributed by atoms with E-state index in [4.69, 9.17) is 25.8 Å². The summed E-state index contributed by atoms with van der Waals surface area (Å²) >= 11 is 6.72. The van der Waals surface area contributed by atoms with Gasteiger partial charge in [0.25, 0.3) is 0 Å². The first-order valence-corrected chi connectivity index (χ1v) is 14.5. The smallest absolute Gasteiger partial charge is 0.323 e. The number of hydrogen-bond acceptors (Lipinski definition) is 8. The normalized spacial score (nSPS) is 14.4. The molecule has 1 aliphatic carbocycles. The summed E-state index contributed by atoms with van der Waals surface area (Å²) in [7, 11) is 1.67. The molecule has 4 aromatic rings. The Morgan fingerprint density at radius 2 is 2.00 bits per heavy atom. The molecular weight excluding hydrogens is 582 g/mol. The highest BCUT2D eigenvalue weighted by atomic mass is 35.5. The Morgan fingerprint density at radius 3 is 2.73 bits per heavy atom. The van der Waals surface area contributed by atoms with Crippen molar-refractivity contribution in [2.45, 2.75) is 45.1 Å². The quantitative estimate of drug-likeness (QED) is 0.182. The zero-order valence-corrected chi connectivity index (χ0v) is 25.1. The lowest BCUT2D eigenvalue weighted by molar-refractivity contribution is -0.140. The SMILES string of the molecule is COc1ccc(-c2cccc3c2CC[C@@H]3Oc2cc(OCc3cncc(C#N)c3)c(CN[C@@H](CO)C(=O)O)cc2Cl)cc1C. The Kier molecular flexibility index (Phi) is 9.65. The number of halogens is 1. The van der Waals surface area contributed by atoms with Crippen LogP contribution in [0.1, 0.15) is 45.9 Å². The third-order valence-electron chi connectivity index (χ3n) is 7.64. The second kappa shape index (κ2) is 13.8. The summed E-state index contributed by atoms with van der Waals surface area (Å²) in [6, 6.07) is 18.4. The van der Waals surface area contributed by atoms with Crippen LogP contribution in [0, 0.1) is 18.3 Å². The van der Waals surface area contributed by atoms with E-state index in [1.807, 2.05) is 19.1 Å². The van der Waals surface area contributed by atoms with Crippen molar-refractivity contribution in [2.24, 2.45) is 0 Å². The van der Waals surface area contributed by atoms with Crippen molar-refractivity contribution < 1.29 is 29.2 Å². The number of nitrogens with zero attached hydrogens (tertiary/aromatic N) is 2. The molecule has 2 atom stereocenters. The molecule has 5 rings (SSSR count). The Balaban J connectivity index is 1.42. The van der Waals surface area contributed by atoms with E-state index in [1.165, 1.54) is 11.8 Å². The van der Waals surface area contributed by atoms with Crippen LogP contribution in [-0.2, 0) is 24.4 Å². The number of pyridine rings is 1. The van der Waals surface area contributed by atoms with E-state index < -0.39 is 18.6 Å². The summed E-state index contributed by atoms with van der Waals surface area (Å²) in [4.78, 5) is 15.5. The van der Waals surface area contributed by atoms with Gasteiger partial charge >= 0.3 is 5.97 Å². The first kappa shape index (κ1) is 30.8. The number of aliphatic carboxylic acids is 1. The second-order valence-electron chi connectivity index (χ2n) is 10.5. The van der Waals surface area contributed by atoms with Crippen LogP contribution < -0.4 is 19.5 Å². The molecule has 0 radical (unpaired) electrons. The monoisotopic (exact) mass is 613 g/mol. The maximum atomic E-state index is 11.4. The van der Waals surface area contributed by atoms with E-state index in [0.29, 0.717) is 33.2 Å². The van der Waals surface area contributed by atoms with E-state index in [-0.39, 0.29) is 19.3 Å². The maximum absolute atomic E-state index is 11.4. The molecule has 0 aliphatic heterocycles. The minimum absolute atomic E-state index is 0.0697. The fraction of sp³-hybridized carbons (Fsp3) is 0.265. The molecule has 0 saturated heterocycles. The standard InChI is InChI=1S/C34H32ClN3O6/c1-20-10-23(6-8-30(20)42-2)25-4-3-5-27-26(25)7-9-31(27)44-33-13-32(43-19-22-11-21(14-36)15-37-16-22)24(12-28(33)35)17-38-29(18-39)34(40)41/h3-6,8,10-13,15-16,29,31,38-39H,7,9,17-19H2,1-2H3,(H,40,41)/t29-,31-/m0/s1. The number of benzene rings is 3. The number of nitrogens with one attached hydrogen (secondary N) is 1. The third-order valence-corrected chi connectivity index (χ3v) is 7.94.